The summed E-state index contributed by atoms with van der Waals surface area (Å²) < 4.78 is 1.77. The quantitative estimate of drug-likeness (QED) is 0.710. The molecule has 30 heavy (non-hydrogen) atoms. The van der Waals surface area contributed by atoms with Crippen LogP contribution in [-0.2, 0) is 23.2 Å². The van der Waals surface area contributed by atoms with Crippen LogP contribution in [0.5, 0.6) is 0 Å². The number of carbonyl (C=O) groups is 2. The molecule has 3 aromatic rings. The highest BCUT2D eigenvalue weighted by molar-refractivity contribution is 6.00. The number of hydrogen-bond donors (Lipinski definition) is 1. The fourth-order valence-corrected chi connectivity index (χ4v) is 3.67. The zero-order chi connectivity index (χ0) is 21.3. The molecular formula is C23H25N5O2. The number of aromatic nitrogens is 3. The zero-order valence-electron chi connectivity index (χ0n) is 17.4. The van der Waals surface area contributed by atoms with Crippen molar-refractivity contribution in [2.24, 2.45) is 13.0 Å². The second kappa shape index (κ2) is 8.10. The number of benzene rings is 1. The van der Waals surface area contributed by atoms with E-state index in [0.29, 0.717) is 13.1 Å². The van der Waals surface area contributed by atoms with Gasteiger partial charge in [0.1, 0.15) is 0 Å². The van der Waals surface area contributed by atoms with Crippen molar-refractivity contribution in [2.75, 3.05) is 11.4 Å². The van der Waals surface area contributed by atoms with Gasteiger partial charge in [0, 0.05) is 44.6 Å². The second-order valence-electron chi connectivity index (χ2n) is 7.78. The highest BCUT2D eigenvalue weighted by atomic mass is 16.2. The van der Waals surface area contributed by atoms with E-state index in [4.69, 9.17) is 0 Å². The average Bonchev–Trinajstić information content (AvgIpc) is 3.34. The van der Waals surface area contributed by atoms with E-state index in [9.17, 15) is 9.59 Å². The fraction of sp³-hybridized carbons (Fsp3) is 0.304. The molecule has 1 saturated heterocycles. The molecule has 0 saturated carbocycles. The van der Waals surface area contributed by atoms with Crippen LogP contribution in [0.3, 0.4) is 0 Å². The second-order valence-corrected chi connectivity index (χ2v) is 7.78. The molecule has 1 aliphatic rings. The van der Waals surface area contributed by atoms with E-state index in [1.165, 1.54) is 5.56 Å². The first-order chi connectivity index (χ1) is 14.4. The number of nitrogens with zero attached hydrogens (tertiary/aromatic N) is 4. The molecule has 1 atom stereocenters. The van der Waals surface area contributed by atoms with Crippen molar-refractivity contribution in [1.82, 2.24) is 20.1 Å². The highest BCUT2D eigenvalue weighted by Crippen LogP contribution is 2.27. The molecule has 3 heterocycles. The summed E-state index contributed by atoms with van der Waals surface area (Å²) in [6.07, 6.45) is 3.72. The minimum absolute atomic E-state index is 0.0133. The Kier molecular flexibility index (Phi) is 5.35. The van der Waals surface area contributed by atoms with Crippen LogP contribution in [0.25, 0.3) is 11.4 Å². The third-order valence-electron chi connectivity index (χ3n) is 5.67. The van der Waals surface area contributed by atoms with Gasteiger partial charge in [-0.1, -0.05) is 12.1 Å². The molecule has 0 radical (unpaired) electrons. The molecular weight excluding hydrogens is 378 g/mol. The van der Waals surface area contributed by atoms with Gasteiger partial charge in [-0.25, -0.2) is 0 Å². The monoisotopic (exact) mass is 403 g/mol. The standard InChI is InChI=1S/C23H25N5O2/c1-15-4-6-19(10-16(15)2)28-14-18(11-22(28)29)23(30)25-13-17-5-7-20(24-12-17)21-8-9-26-27(21)3/h4-10,12,18H,11,13-14H2,1-3H3,(H,25,30)/t18-/m1/s1. The lowest BCUT2D eigenvalue weighted by molar-refractivity contribution is -0.126. The van der Waals surface area contributed by atoms with Crippen molar-refractivity contribution in [3.05, 3.63) is 65.5 Å². The summed E-state index contributed by atoms with van der Waals surface area (Å²) in [6.45, 7) is 4.85. The third-order valence-corrected chi connectivity index (χ3v) is 5.67. The third kappa shape index (κ3) is 3.96. The van der Waals surface area contributed by atoms with Crippen LogP contribution in [0.1, 0.15) is 23.1 Å². The number of nitrogens with one attached hydrogen (secondary N) is 1. The van der Waals surface area contributed by atoms with Crippen molar-refractivity contribution >= 4 is 17.5 Å². The minimum atomic E-state index is -0.346. The van der Waals surface area contributed by atoms with Crippen molar-refractivity contribution in [3.8, 4) is 11.4 Å². The number of amides is 2. The zero-order valence-corrected chi connectivity index (χ0v) is 17.4. The minimum Gasteiger partial charge on any atom is -0.352 e. The van der Waals surface area contributed by atoms with E-state index in [1.807, 2.05) is 57.3 Å². The van der Waals surface area contributed by atoms with Gasteiger partial charge in [-0.3, -0.25) is 19.3 Å². The molecule has 4 rings (SSSR count). The molecule has 2 amide bonds. The predicted molar refractivity (Wildman–Crippen MR) is 115 cm³/mol. The summed E-state index contributed by atoms with van der Waals surface area (Å²) in [4.78, 5) is 31.3. The summed E-state index contributed by atoms with van der Waals surface area (Å²) in [5.41, 5.74) is 5.84. The summed E-state index contributed by atoms with van der Waals surface area (Å²) in [6, 6.07) is 11.7. The molecule has 1 N–H and O–H groups in total. The number of carbonyl (C=O) groups excluding carboxylic acids is 2. The molecule has 0 spiro atoms. The average molecular weight is 403 g/mol. The molecule has 0 unspecified atom stereocenters. The molecule has 7 nitrogen and oxygen atoms in total. The van der Waals surface area contributed by atoms with Gasteiger partial charge < -0.3 is 10.2 Å². The Morgan fingerprint density at radius 3 is 2.67 bits per heavy atom. The summed E-state index contributed by atoms with van der Waals surface area (Å²) >= 11 is 0. The van der Waals surface area contributed by atoms with Crippen LogP contribution < -0.4 is 10.2 Å². The summed E-state index contributed by atoms with van der Waals surface area (Å²) in [7, 11) is 1.87. The van der Waals surface area contributed by atoms with E-state index >= 15 is 0 Å². The maximum atomic E-state index is 12.6. The van der Waals surface area contributed by atoms with Gasteiger partial charge in [-0.15, -0.1) is 0 Å². The van der Waals surface area contributed by atoms with Gasteiger partial charge in [-0.2, -0.15) is 5.10 Å². The molecule has 154 valence electrons. The Labute approximate surface area is 175 Å². The van der Waals surface area contributed by atoms with Crippen molar-refractivity contribution < 1.29 is 9.59 Å². The van der Waals surface area contributed by atoms with Gasteiger partial charge >= 0.3 is 0 Å². The number of anilines is 1. The van der Waals surface area contributed by atoms with Crippen LogP contribution in [0.4, 0.5) is 5.69 Å². The Morgan fingerprint density at radius 2 is 2.00 bits per heavy atom. The van der Waals surface area contributed by atoms with Crippen LogP contribution in [0, 0.1) is 19.8 Å². The fourth-order valence-electron chi connectivity index (χ4n) is 3.67. The first-order valence-corrected chi connectivity index (χ1v) is 10.0. The normalized spacial score (nSPS) is 16.2. The number of rotatable bonds is 5. The molecule has 1 aromatic carbocycles. The van der Waals surface area contributed by atoms with Crippen LogP contribution in [-0.4, -0.2) is 33.1 Å². The predicted octanol–water partition coefficient (Wildman–Crippen LogP) is 2.77. The lowest BCUT2D eigenvalue weighted by Crippen LogP contribution is -2.32. The molecule has 0 aliphatic carbocycles. The molecule has 1 aliphatic heterocycles. The first kappa shape index (κ1) is 19.8. The molecule has 0 bridgehead atoms. The summed E-state index contributed by atoms with van der Waals surface area (Å²) in [5, 5.41) is 7.09. The number of hydrogen-bond acceptors (Lipinski definition) is 4. The van der Waals surface area contributed by atoms with Gasteiger partial charge in [0.2, 0.25) is 11.8 Å². The van der Waals surface area contributed by atoms with Crippen molar-refractivity contribution in [1.29, 1.82) is 0 Å². The van der Waals surface area contributed by atoms with Gasteiger partial charge in [0.05, 0.1) is 17.3 Å². The maximum Gasteiger partial charge on any atom is 0.227 e. The van der Waals surface area contributed by atoms with Crippen molar-refractivity contribution in [2.45, 2.75) is 26.8 Å². The lowest BCUT2D eigenvalue weighted by Gasteiger charge is -2.18. The SMILES string of the molecule is Cc1ccc(N2C[C@H](C(=O)NCc3ccc(-c4ccnn4C)nc3)CC2=O)cc1C. The van der Waals surface area contributed by atoms with E-state index in [2.05, 4.69) is 15.4 Å². The first-order valence-electron chi connectivity index (χ1n) is 10.0. The van der Waals surface area contributed by atoms with Gasteiger partial charge in [0.15, 0.2) is 0 Å². The summed E-state index contributed by atoms with van der Waals surface area (Å²) in [5.74, 6) is -0.466. The van der Waals surface area contributed by atoms with Crippen LogP contribution in [0.15, 0.2) is 48.8 Å². The van der Waals surface area contributed by atoms with Crippen LogP contribution in [0.2, 0.25) is 0 Å². The number of aryl methyl sites for hydroxylation is 3. The Bertz CT molecular complexity index is 1090. The Morgan fingerprint density at radius 1 is 1.17 bits per heavy atom. The van der Waals surface area contributed by atoms with E-state index in [0.717, 1.165) is 28.2 Å². The highest BCUT2D eigenvalue weighted by Gasteiger charge is 2.35. The van der Waals surface area contributed by atoms with Gasteiger partial charge in [0.25, 0.3) is 0 Å². The number of pyridine rings is 1. The molecule has 7 heteroatoms. The van der Waals surface area contributed by atoms with Crippen molar-refractivity contribution in [3.63, 3.8) is 0 Å². The van der Waals surface area contributed by atoms with E-state index in [-0.39, 0.29) is 24.2 Å². The lowest BCUT2D eigenvalue weighted by atomic mass is 10.1. The van der Waals surface area contributed by atoms with Crippen LogP contribution >= 0.6 is 0 Å². The smallest absolute Gasteiger partial charge is 0.227 e. The molecule has 2 aromatic heterocycles. The Hall–Kier alpha value is -3.48. The largest absolute Gasteiger partial charge is 0.352 e. The maximum absolute atomic E-state index is 12.6. The molecule has 1 fully saturated rings. The topological polar surface area (TPSA) is 80.1 Å². The van der Waals surface area contributed by atoms with Gasteiger partial charge in [-0.05, 0) is 54.8 Å². The van der Waals surface area contributed by atoms with E-state index < -0.39 is 0 Å². The Balaban J connectivity index is 1.36. The van der Waals surface area contributed by atoms with E-state index in [1.54, 1.807) is 22.0 Å².